The summed E-state index contributed by atoms with van der Waals surface area (Å²) >= 11 is 0. The Kier molecular flexibility index (Phi) is 6.02. The molecule has 5 nitrogen and oxygen atoms in total. The quantitative estimate of drug-likeness (QED) is 0.580. The first-order valence-corrected chi connectivity index (χ1v) is 6.34. The van der Waals surface area contributed by atoms with Gasteiger partial charge in [0.2, 0.25) is 0 Å². The molecular formula is C14H19NO4. The van der Waals surface area contributed by atoms with E-state index in [1.807, 2.05) is 6.92 Å². The van der Waals surface area contributed by atoms with Gasteiger partial charge in [-0.1, -0.05) is 25.5 Å². The van der Waals surface area contributed by atoms with Crippen LogP contribution in [0.25, 0.3) is 0 Å². The van der Waals surface area contributed by atoms with E-state index in [0.29, 0.717) is 25.1 Å². The maximum absolute atomic E-state index is 12.0. The van der Waals surface area contributed by atoms with Crippen molar-refractivity contribution >= 4 is 11.9 Å². The summed E-state index contributed by atoms with van der Waals surface area (Å²) in [4.78, 5) is 23.2. The molecule has 0 heterocycles. The number of esters is 1. The van der Waals surface area contributed by atoms with Crippen LogP contribution in [-0.4, -0.2) is 30.2 Å². The Morgan fingerprint density at radius 1 is 1.37 bits per heavy atom. The van der Waals surface area contributed by atoms with Crippen LogP contribution in [0, 0.1) is 0 Å². The molecule has 0 radical (unpaired) electrons. The molecule has 0 aliphatic rings. The number of aromatic carboxylic acids is 1. The van der Waals surface area contributed by atoms with Crippen molar-refractivity contribution in [2.75, 3.05) is 13.2 Å². The molecule has 1 aromatic carbocycles. The van der Waals surface area contributed by atoms with Crippen molar-refractivity contribution < 1.29 is 19.4 Å². The lowest BCUT2D eigenvalue weighted by Gasteiger charge is -2.11. The highest BCUT2D eigenvalue weighted by molar-refractivity contribution is 6.03. The number of rotatable bonds is 7. The number of carbonyl (C=O) groups excluding carboxylic acids is 1. The van der Waals surface area contributed by atoms with Crippen molar-refractivity contribution in [2.45, 2.75) is 26.2 Å². The number of carboxylic acids is 1. The molecule has 1 rings (SSSR count). The van der Waals surface area contributed by atoms with Gasteiger partial charge in [0.15, 0.2) is 0 Å². The van der Waals surface area contributed by atoms with E-state index < -0.39 is 11.9 Å². The van der Waals surface area contributed by atoms with Gasteiger partial charge < -0.3 is 15.6 Å². The van der Waals surface area contributed by atoms with Crippen molar-refractivity contribution in [1.82, 2.24) is 0 Å². The van der Waals surface area contributed by atoms with E-state index in [4.69, 9.17) is 15.6 Å². The Bertz CT molecular complexity index is 457. The van der Waals surface area contributed by atoms with Gasteiger partial charge in [-0.3, -0.25) is 0 Å². The van der Waals surface area contributed by atoms with Crippen LogP contribution in [0.3, 0.4) is 0 Å². The fourth-order valence-corrected chi connectivity index (χ4v) is 1.76. The summed E-state index contributed by atoms with van der Waals surface area (Å²) in [5.41, 5.74) is 6.18. The molecule has 0 fully saturated rings. The molecule has 0 amide bonds. The predicted molar refractivity (Wildman–Crippen MR) is 71.4 cm³/mol. The highest BCUT2D eigenvalue weighted by Crippen LogP contribution is 2.17. The molecule has 5 heteroatoms. The molecule has 0 bridgehead atoms. The van der Waals surface area contributed by atoms with Gasteiger partial charge in [0.1, 0.15) is 0 Å². The maximum Gasteiger partial charge on any atom is 0.339 e. The number of hydrogen-bond donors (Lipinski definition) is 2. The number of carboxylic acid groups (broad SMARTS) is 1. The van der Waals surface area contributed by atoms with Crippen molar-refractivity contribution in [3.63, 3.8) is 0 Å². The molecule has 0 unspecified atom stereocenters. The van der Waals surface area contributed by atoms with Gasteiger partial charge in [-0.15, -0.1) is 0 Å². The lowest BCUT2D eigenvalue weighted by Crippen LogP contribution is -2.17. The standard InChI is InChI=1S/C14H19NO4/c1-2-3-9-19-14(18)12-10(7-8-15)5-4-6-11(12)13(16)17/h4-6H,2-3,7-9,15H2,1H3,(H,16,17). The molecule has 19 heavy (non-hydrogen) atoms. The van der Waals surface area contributed by atoms with E-state index in [9.17, 15) is 9.59 Å². The zero-order chi connectivity index (χ0) is 14.3. The first-order valence-electron chi connectivity index (χ1n) is 6.34. The molecule has 0 aliphatic carbocycles. The van der Waals surface area contributed by atoms with E-state index in [-0.39, 0.29) is 11.1 Å². The Hall–Kier alpha value is -1.88. The van der Waals surface area contributed by atoms with Crippen LogP contribution in [0.2, 0.25) is 0 Å². The number of nitrogens with two attached hydrogens (primary N) is 1. The lowest BCUT2D eigenvalue weighted by atomic mass is 9.98. The van der Waals surface area contributed by atoms with Crippen LogP contribution in [0.5, 0.6) is 0 Å². The Morgan fingerprint density at radius 2 is 2.11 bits per heavy atom. The van der Waals surface area contributed by atoms with E-state index in [1.165, 1.54) is 6.07 Å². The predicted octanol–water partition coefficient (Wildman–Crippen LogP) is 1.84. The fraction of sp³-hybridized carbons (Fsp3) is 0.429. The Labute approximate surface area is 112 Å². The van der Waals surface area contributed by atoms with Gasteiger partial charge in [0.05, 0.1) is 17.7 Å². The van der Waals surface area contributed by atoms with Gasteiger partial charge in [0.25, 0.3) is 0 Å². The van der Waals surface area contributed by atoms with Crippen LogP contribution in [0.1, 0.15) is 46.0 Å². The zero-order valence-corrected chi connectivity index (χ0v) is 11.0. The molecule has 0 saturated heterocycles. The summed E-state index contributed by atoms with van der Waals surface area (Å²) in [5.74, 6) is -1.73. The monoisotopic (exact) mass is 265 g/mol. The average Bonchev–Trinajstić information content (AvgIpc) is 2.39. The molecule has 0 spiro atoms. The minimum atomic E-state index is -1.14. The van der Waals surface area contributed by atoms with Crippen LogP contribution < -0.4 is 5.73 Å². The smallest absolute Gasteiger partial charge is 0.339 e. The largest absolute Gasteiger partial charge is 0.478 e. The SMILES string of the molecule is CCCCOC(=O)c1c(CCN)cccc1C(=O)O. The number of hydrogen-bond acceptors (Lipinski definition) is 4. The number of ether oxygens (including phenoxy) is 1. The zero-order valence-electron chi connectivity index (χ0n) is 11.0. The van der Waals surface area contributed by atoms with E-state index in [1.54, 1.807) is 12.1 Å². The summed E-state index contributed by atoms with van der Waals surface area (Å²) in [7, 11) is 0. The summed E-state index contributed by atoms with van der Waals surface area (Å²) < 4.78 is 5.10. The third kappa shape index (κ3) is 4.06. The van der Waals surface area contributed by atoms with Crippen LogP contribution in [-0.2, 0) is 11.2 Å². The van der Waals surface area contributed by atoms with Crippen molar-refractivity contribution in [2.24, 2.45) is 5.73 Å². The van der Waals surface area contributed by atoms with Gasteiger partial charge in [0, 0.05) is 0 Å². The minimum Gasteiger partial charge on any atom is -0.478 e. The highest BCUT2D eigenvalue weighted by Gasteiger charge is 2.21. The second-order valence-corrected chi connectivity index (χ2v) is 4.17. The van der Waals surface area contributed by atoms with Crippen molar-refractivity contribution in [3.05, 3.63) is 34.9 Å². The van der Waals surface area contributed by atoms with E-state index >= 15 is 0 Å². The first-order chi connectivity index (χ1) is 9.11. The number of carbonyl (C=O) groups is 2. The molecule has 0 aromatic heterocycles. The third-order valence-electron chi connectivity index (χ3n) is 2.73. The lowest BCUT2D eigenvalue weighted by molar-refractivity contribution is 0.0488. The summed E-state index contributed by atoms with van der Waals surface area (Å²) in [6.07, 6.45) is 2.11. The molecular weight excluding hydrogens is 246 g/mol. The van der Waals surface area contributed by atoms with E-state index in [0.717, 1.165) is 12.8 Å². The van der Waals surface area contributed by atoms with Gasteiger partial charge >= 0.3 is 11.9 Å². The second-order valence-electron chi connectivity index (χ2n) is 4.17. The molecule has 0 aliphatic heterocycles. The van der Waals surface area contributed by atoms with E-state index in [2.05, 4.69) is 0 Å². The summed E-state index contributed by atoms with van der Waals surface area (Å²) in [6.45, 7) is 2.63. The van der Waals surface area contributed by atoms with Crippen LogP contribution in [0.15, 0.2) is 18.2 Å². The highest BCUT2D eigenvalue weighted by atomic mass is 16.5. The number of benzene rings is 1. The summed E-state index contributed by atoms with van der Waals surface area (Å²) in [6, 6.07) is 4.71. The van der Waals surface area contributed by atoms with Gasteiger partial charge in [-0.2, -0.15) is 0 Å². The Balaban J connectivity index is 3.06. The molecule has 0 saturated carbocycles. The normalized spacial score (nSPS) is 10.2. The van der Waals surface area contributed by atoms with Crippen LogP contribution in [0.4, 0.5) is 0 Å². The average molecular weight is 265 g/mol. The van der Waals surface area contributed by atoms with Crippen molar-refractivity contribution in [1.29, 1.82) is 0 Å². The molecule has 3 N–H and O–H groups in total. The molecule has 1 aromatic rings. The second kappa shape index (κ2) is 7.53. The fourth-order valence-electron chi connectivity index (χ4n) is 1.76. The minimum absolute atomic E-state index is 0.0348. The third-order valence-corrected chi connectivity index (χ3v) is 2.73. The van der Waals surface area contributed by atoms with Gasteiger partial charge in [-0.05, 0) is 31.0 Å². The summed E-state index contributed by atoms with van der Waals surface area (Å²) in [5, 5.41) is 9.14. The van der Waals surface area contributed by atoms with Gasteiger partial charge in [-0.25, -0.2) is 9.59 Å². The van der Waals surface area contributed by atoms with Crippen LogP contribution >= 0.6 is 0 Å². The molecule has 0 atom stereocenters. The topological polar surface area (TPSA) is 89.6 Å². The first kappa shape index (κ1) is 15.2. The Morgan fingerprint density at radius 3 is 2.68 bits per heavy atom. The van der Waals surface area contributed by atoms with Crippen molar-refractivity contribution in [3.8, 4) is 0 Å². The maximum atomic E-state index is 12.0. The molecule has 104 valence electrons. The number of unbranched alkanes of at least 4 members (excludes halogenated alkanes) is 1.